The fourth-order valence-electron chi connectivity index (χ4n) is 3.12. The molecule has 1 aliphatic rings. The van der Waals surface area contributed by atoms with Gasteiger partial charge in [0.2, 0.25) is 0 Å². The number of aromatic amines is 1. The third-order valence-corrected chi connectivity index (χ3v) is 5.51. The van der Waals surface area contributed by atoms with Gasteiger partial charge in [-0.05, 0) is 44.0 Å². The number of benzene rings is 1. The first-order chi connectivity index (χ1) is 11.6. The van der Waals surface area contributed by atoms with E-state index >= 15 is 0 Å². The fraction of sp³-hybridized carbons (Fsp3) is 0.500. The lowest BCUT2D eigenvalue weighted by Gasteiger charge is -2.29. The molecule has 1 aliphatic heterocycles. The molecule has 0 unspecified atom stereocenters. The van der Waals surface area contributed by atoms with E-state index in [2.05, 4.69) is 16.8 Å². The van der Waals surface area contributed by atoms with Crippen LogP contribution in [0.2, 0.25) is 0 Å². The topological polar surface area (TPSA) is 54.6 Å². The van der Waals surface area contributed by atoms with Gasteiger partial charge in [0.05, 0.1) is 19.9 Å². The largest absolute Gasteiger partial charge is 0.497 e. The summed E-state index contributed by atoms with van der Waals surface area (Å²) in [6, 6.07) is 5.68. The Morgan fingerprint density at radius 2 is 2.00 bits per heavy atom. The first-order valence-corrected chi connectivity index (χ1v) is 9.09. The first-order valence-electron chi connectivity index (χ1n) is 8.27. The van der Waals surface area contributed by atoms with Gasteiger partial charge in [0, 0.05) is 23.1 Å². The molecule has 5 nitrogen and oxygen atoms in total. The van der Waals surface area contributed by atoms with Gasteiger partial charge in [0.1, 0.15) is 11.5 Å². The van der Waals surface area contributed by atoms with Gasteiger partial charge in [-0.1, -0.05) is 18.3 Å². The molecule has 1 saturated heterocycles. The SMILES string of the molecule is COc1ccc(-c2[nH]c(=O)sc2CN2CCC(C)CC2)c(OC)c1. The van der Waals surface area contributed by atoms with Crippen molar-refractivity contribution in [2.45, 2.75) is 26.3 Å². The van der Waals surface area contributed by atoms with Gasteiger partial charge in [0.25, 0.3) is 0 Å². The Labute approximate surface area is 146 Å². The molecule has 0 atom stereocenters. The van der Waals surface area contributed by atoms with Crippen LogP contribution in [0, 0.1) is 5.92 Å². The molecule has 0 radical (unpaired) electrons. The number of H-pyrrole nitrogens is 1. The Balaban J connectivity index is 1.90. The minimum atomic E-state index is -0.0248. The summed E-state index contributed by atoms with van der Waals surface area (Å²) in [5, 5.41) is 0. The molecule has 2 heterocycles. The van der Waals surface area contributed by atoms with E-state index in [1.54, 1.807) is 14.2 Å². The third kappa shape index (κ3) is 3.65. The van der Waals surface area contributed by atoms with Crippen LogP contribution in [0.15, 0.2) is 23.0 Å². The molecule has 1 fully saturated rings. The van der Waals surface area contributed by atoms with Crippen LogP contribution in [0.25, 0.3) is 11.3 Å². The van der Waals surface area contributed by atoms with E-state index < -0.39 is 0 Å². The maximum absolute atomic E-state index is 12.0. The Bertz CT molecular complexity index is 745. The maximum Gasteiger partial charge on any atom is 0.305 e. The van der Waals surface area contributed by atoms with E-state index in [1.807, 2.05) is 18.2 Å². The average molecular weight is 348 g/mol. The van der Waals surface area contributed by atoms with E-state index in [1.165, 1.54) is 24.2 Å². The standard InChI is InChI=1S/C18H24N2O3S/c1-12-6-8-20(9-7-12)11-16-17(19-18(21)24-16)14-5-4-13(22-2)10-15(14)23-3/h4-5,10,12H,6-9,11H2,1-3H3,(H,19,21). The van der Waals surface area contributed by atoms with Gasteiger partial charge in [-0.2, -0.15) is 0 Å². The van der Waals surface area contributed by atoms with Crippen molar-refractivity contribution in [2.75, 3.05) is 27.3 Å². The van der Waals surface area contributed by atoms with Crippen molar-refractivity contribution >= 4 is 11.3 Å². The molecule has 1 aromatic carbocycles. The summed E-state index contributed by atoms with van der Waals surface area (Å²) in [5.74, 6) is 2.24. The zero-order valence-electron chi connectivity index (χ0n) is 14.4. The van der Waals surface area contributed by atoms with E-state index in [4.69, 9.17) is 9.47 Å². The van der Waals surface area contributed by atoms with Crippen LogP contribution in [-0.2, 0) is 6.54 Å². The van der Waals surface area contributed by atoms with Crippen molar-refractivity contribution in [1.82, 2.24) is 9.88 Å². The molecule has 130 valence electrons. The van der Waals surface area contributed by atoms with Crippen LogP contribution in [0.5, 0.6) is 11.5 Å². The molecule has 1 aromatic heterocycles. The lowest BCUT2D eigenvalue weighted by molar-refractivity contribution is 0.187. The molecule has 0 bridgehead atoms. The summed E-state index contributed by atoms with van der Waals surface area (Å²) in [4.78, 5) is 18.4. The molecule has 0 spiro atoms. The van der Waals surface area contributed by atoms with Gasteiger partial charge in [0.15, 0.2) is 0 Å². The second kappa shape index (κ2) is 7.40. The summed E-state index contributed by atoms with van der Waals surface area (Å²) in [6.07, 6.45) is 2.45. The number of nitrogens with zero attached hydrogens (tertiary/aromatic N) is 1. The number of likely N-dealkylation sites (tertiary alicyclic amines) is 1. The Hall–Kier alpha value is -1.79. The predicted molar refractivity (Wildman–Crippen MR) is 97.2 cm³/mol. The Kier molecular flexibility index (Phi) is 5.26. The van der Waals surface area contributed by atoms with Gasteiger partial charge in [-0.25, -0.2) is 0 Å². The lowest BCUT2D eigenvalue weighted by Crippen LogP contribution is -2.32. The number of aromatic nitrogens is 1. The molecule has 0 saturated carbocycles. The number of hydrogen-bond donors (Lipinski definition) is 1. The van der Waals surface area contributed by atoms with Crippen LogP contribution in [-0.4, -0.2) is 37.2 Å². The summed E-state index contributed by atoms with van der Waals surface area (Å²) < 4.78 is 10.8. The van der Waals surface area contributed by atoms with E-state index in [0.29, 0.717) is 5.75 Å². The lowest BCUT2D eigenvalue weighted by atomic mass is 9.99. The van der Waals surface area contributed by atoms with Crippen molar-refractivity contribution in [3.05, 3.63) is 32.7 Å². The van der Waals surface area contributed by atoms with Crippen molar-refractivity contribution in [2.24, 2.45) is 5.92 Å². The normalized spacial score (nSPS) is 16.3. The molecule has 2 aromatic rings. The summed E-state index contributed by atoms with van der Waals surface area (Å²) in [6.45, 7) is 5.29. The smallest absolute Gasteiger partial charge is 0.305 e. The van der Waals surface area contributed by atoms with E-state index in [-0.39, 0.29) is 4.87 Å². The molecule has 24 heavy (non-hydrogen) atoms. The summed E-state index contributed by atoms with van der Waals surface area (Å²) >= 11 is 1.29. The monoisotopic (exact) mass is 348 g/mol. The summed E-state index contributed by atoms with van der Waals surface area (Å²) in [5.41, 5.74) is 1.76. The Morgan fingerprint density at radius 3 is 2.67 bits per heavy atom. The molecule has 0 aliphatic carbocycles. The number of rotatable bonds is 5. The van der Waals surface area contributed by atoms with Gasteiger partial charge < -0.3 is 14.5 Å². The maximum atomic E-state index is 12.0. The quantitative estimate of drug-likeness (QED) is 0.900. The molecule has 3 rings (SSSR count). The highest BCUT2D eigenvalue weighted by molar-refractivity contribution is 7.09. The number of nitrogens with one attached hydrogen (secondary N) is 1. The second-order valence-corrected chi connectivity index (χ2v) is 7.41. The third-order valence-electron chi connectivity index (χ3n) is 4.64. The zero-order valence-corrected chi connectivity index (χ0v) is 15.2. The molecule has 6 heteroatoms. The van der Waals surface area contributed by atoms with Crippen LogP contribution >= 0.6 is 11.3 Å². The highest BCUT2D eigenvalue weighted by Crippen LogP contribution is 2.35. The molecule has 1 N–H and O–H groups in total. The number of hydrogen-bond acceptors (Lipinski definition) is 5. The van der Waals surface area contributed by atoms with Gasteiger partial charge in [-0.3, -0.25) is 9.69 Å². The minimum absolute atomic E-state index is 0.0248. The summed E-state index contributed by atoms with van der Waals surface area (Å²) in [7, 11) is 3.26. The molecular formula is C18H24N2O3S. The van der Waals surface area contributed by atoms with Crippen molar-refractivity contribution in [1.29, 1.82) is 0 Å². The van der Waals surface area contributed by atoms with Crippen LogP contribution in [0.3, 0.4) is 0 Å². The zero-order chi connectivity index (χ0) is 17.1. The van der Waals surface area contributed by atoms with Gasteiger partial charge in [-0.15, -0.1) is 0 Å². The van der Waals surface area contributed by atoms with Crippen molar-refractivity contribution in [3.8, 4) is 22.8 Å². The van der Waals surface area contributed by atoms with Crippen molar-refractivity contribution < 1.29 is 9.47 Å². The van der Waals surface area contributed by atoms with E-state index in [9.17, 15) is 4.79 Å². The highest BCUT2D eigenvalue weighted by atomic mass is 32.1. The Morgan fingerprint density at radius 1 is 1.25 bits per heavy atom. The predicted octanol–water partition coefficient (Wildman–Crippen LogP) is 3.35. The fourth-order valence-corrected chi connectivity index (χ4v) is 4.00. The number of piperidine rings is 1. The van der Waals surface area contributed by atoms with Gasteiger partial charge >= 0.3 is 4.87 Å². The van der Waals surface area contributed by atoms with Crippen LogP contribution < -0.4 is 14.3 Å². The minimum Gasteiger partial charge on any atom is -0.497 e. The number of ether oxygens (including phenoxy) is 2. The molecule has 0 amide bonds. The van der Waals surface area contributed by atoms with Crippen molar-refractivity contribution in [3.63, 3.8) is 0 Å². The highest BCUT2D eigenvalue weighted by Gasteiger charge is 2.20. The van der Waals surface area contributed by atoms with Crippen LogP contribution in [0.4, 0.5) is 0 Å². The van der Waals surface area contributed by atoms with Crippen LogP contribution in [0.1, 0.15) is 24.6 Å². The number of methoxy groups -OCH3 is 2. The average Bonchev–Trinajstić information content (AvgIpc) is 2.96. The second-order valence-electron chi connectivity index (χ2n) is 6.34. The number of thiazole rings is 1. The first kappa shape index (κ1) is 17.0. The molecular weight excluding hydrogens is 324 g/mol. The van der Waals surface area contributed by atoms with E-state index in [0.717, 1.165) is 47.4 Å².